The third kappa shape index (κ3) is 4.06. The fraction of sp³-hybridized carbons (Fsp3) is 0.231. The number of carboxylic acids is 1. The van der Waals surface area contributed by atoms with Gasteiger partial charge >= 0.3 is 5.97 Å². The standard InChI is InChI=1S/C13H16N4O4S/c1-17-8-12(15-9-17)22(20,21)16-7-6-14-11-4-2-10(3-5-11)13(18)19/h2-5,8-9,14,16H,6-7H2,1H3,(H,18,19). The Morgan fingerprint density at radius 2 is 1.95 bits per heavy atom. The Labute approximate surface area is 127 Å². The summed E-state index contributed by atoms with van der Waals surface area (Å²) in [6.07, 6.45) is 2.83. The summed E-state index contributed by atoms with van der Waals surface area (Å²) in [6, 6.07) is 6.19. The van der Waals surface area contributed by atoms with Crippen LogP contribution < -0.4 is 10.0 Å². The molecule has 0 unspecified atom stereocenters. The lowest BCUT2D eigenvalue weighted by molar-refractivity contribution is 0.0697. The predicted molar refractivity (Wildman–Crippen MR) is 80.3 cm³/mol. The first-order valence-corrected chi connectivity index (χ1v) is 7.92. The van der Waals surface area contributed by atoms with Crippen molar-refractivity contribution >= 4 is 21.7 Å². The van der Waals surface area contributed by atoms with Gasteiger partial charge in [-0.1, -0.05) is 0 Å². The topological polar surface area (TPSA) is 113 Å². The molecule has 118 valence electrons. The molecule has 0 saturated carbocycles. The number of benzene rings is 1. The highest BCUT2D eigenvalue weighted by atomic mass is 32.2. The van der Waals surface area contributed by atoms with Crippen molar-refractivity contribution in [2.24, 2.45) is 7.05 Å². The molecule has 0 aliphatic heterocycles. The van der Waals surface area contributed by atoms with Gasteiger partial charge in [0.05, 0.1) is 11.9 Å². The first-order valence-electron chi connectivity index (χ1n) is 6.43. The molecule has 3 N–H and O–H groups in total. The highest BCUT2D eigenvalue weighted by molar-refractivity contribution is 7.89. The van der Waals surface area contributed by atoms with Gasteiger partial charge in [-0.25, -0.2) is 22.9 Å². The number of rotatable bonds is 7. The summed E-state index contributed by atoms with van der Waals surface area (Å²) in [6.45, 7) is 0.540. The molecule has 0 bridgehead atoms. The summed E-state index contributed by atoms with van der Waals surface area (Å²) in [7, 11) is -1.92. The van der Waals surface area contributed by atoms with Gasteiger partial charge in [0.25, 0.3) is 10.0 Å². The Bertz CT molecular complexity index is 753. The van der Waals surface area contributed by atoms with Gasteiger partial charge in [-0.3, -0.25) is 0 Å². The van der Waals surface area contributed by atoms with Gasteiger partial charge in [-0.2, -0.15) is 0 Å². The van der Waals surface area contributed by atoms with Crippen molar-refractivity contribution < 1.29 is 18.3 Å². The summed E-state index contributed by atoms with van der Waals surface area (Å²) in [5, 5.41) is 11.8. The van der Waals surface area contributed by atoms with Crippen LogP contribution in [-0.2, 0) is 17.1 Å². The lowest BCUT2D eigenvalue weighted by atomic mass is 10.2. The second-order valence-electron chi connectivity index (χ2n) is 4.58. The minimum Gasteiger partial charge on any atom is -0.478 e. The summed E-state index contributed by atoms with van der Waals surface area (Å²) < 4.78 is 27.8. The van der Waals surface area contributed by atoms with E-state index in [2.05, 4.69) is 15.0 Å². The van der Waals surface area contributed by atoms with E-state index in [1.807, 2.05) is 0 Å². The van der Waals surface area contributed by atoms with E-state index in [1.54, 1.807) is 23.7 Å². The van der Waals surface area contributed by atoms with E-state index in [1.165, 1.54) is 24.7 Å². The SMILES string of the molecule is Cn1cnc(S(=O)(=O)NCCNc2ccc(C(=O)O)cc2)c1. The molecule has 0 aliphatic rings. The largest absolute Gasteiger partial charge is 0.478 e. The second-order valence-corrected chi connectivity index (χ2v) is 6.30. The lowest BCUT2D eigenvalue weighted by Gasteiger charge is -2.07. The molecule has 0 atom stereocenters. The van der Waals surface area contributed by atoms with E-state index in [-0.39, 0.29) is 17.1 Å². The highest BCUT2D eigenvalue weighted by Gasteiger charge is 2.15. The Hall–Kier alpha value is -2.39. The highest BCUT2D eigenvalue weighted by Crippen LogP contribution is 2.09. The molecule has 0 spiro atoms. The maximum Gasteiger partial charge on any atom is 0.335 e. The van der Waals surface area contributed by atoms with Crippen LogP contribution in [0.15, 0.2) is 41.8 Å². The third-order valence-electron chi connectivity index (χ3n) is 2.83. The second kappa shape index (κ2) is 6.58. The summed E-state index contributed by atoms with van der Waals surface area (Å²) in [5.74, 6) is -0.991. The summed E-state index contributed by atoms with van der Waals surface area (Å²) >= 11 is 0. The molecule has 8 nitrogen and oxygen atoms in total. The first-order chi connectivity index (χ1) is 10.4. The van der Waals surface area contributed by atoms with E-state index >= 15 is 0 Å². The Kier molecular flexibility index (Phi) is 4.78. The van der Waals surface area contributed by atoms with E-state index < -0.39 is 16.0 Å². The van der Waals surface area contributed by atoms with Gasteiger partial charge in [-0.05, 0) is 24.3 Å². The summed E-state index contributed by atoms with van der Waals surface area (Å²) in [5.41, 5.74) is 0.906. The average molecular weight is 324 g/mol. The molecule has 2 rings (SSSR count). The van der Waals surface area contributed by atoms with Crippen molar-refractivity contribution in [1.29, 1.82) is 0 Å². The average Bonchev–Trinajstić information content (AvgIpc) is 2.92. The van der Waals surface area contributed by atoms with Crippen LogP contribution in [0.4, 0.5) is 5.69 Å². The number of nitrogens with zero attached hydrogens (tertiary/aromatic N) is 2. The van der Waals surface area contributed by atoms with Crippen LogP contribution in [0.5, 0.6) is 0 Å². The van der Waals surface area contributed by atoms with E-state index in [0.29, 0.717) is 12.2 Å². The molecule has 9 heteroatoms. The van der Waals surface area contributed by atoms with Crippen LogP contribution in [0.2, 0.25) is 0 Å². The molecule has 2 aromatic rings. The first kappa shape index (κ1) is 16.0. The predicted octanol–water partition coefficient (Wildman–Crippen LogP) is 0.509. The third-order valence-corrected chi connectivity index (χ3v) is 4.18. The quantitative estimate of drug-likeness (QED) is 0.640. The van der Waals surface area contributed by atoms with E-state index in [4.69, 9.17) is 5.11 Å². The molecular weight excluding hydrogens is 308 g/mol. The number of imidazole rings is 1. The van der Waals surface area contributed by atoms with Crippen LogP contribution in [0, 0.1) is 0 Å². The van der Waals surface area contributed by atoms with Crippen LogP contribution in [0.25, 0.3) is 0 Å². The zero-order valence-corrected chi connectivity index (χ0v) is 12.7. The van der Waals surface area contributed by atoms with Crippen LogP contribution in [0.3, 0.4) is 0 Å². The van der Waals surface area contributed by atoms with Gasteiger partial charge in [-0.15, -0.1) is 0 Å². The fourth-order valence-corrected chi connectivity index (χ4v) is 2.73. The molecule has 1 aromatic heterocycles. The zero-order valence-electron chi connectivity index (χ0n) is 11.9. The molecule has 0 saturated heterocycles. The molecule has 0 aliphatic carbocycles. The molecular formula is C13H16N4O4S. The molecule has 0 amide bonds. The van der Waals surface area contributed by atoms with Gasteiger partial charge in [0.2, 0.25) is 0 Å². The molecule has 22 heavy (non-hydrogen) atoms. The number of hydrogen-bond donors (Lipinski definition) is 3. The number of hydrogen-bond acceptors (Lipinski definition) is 5. The van der Waals surface area contributed by atoms with Crippen molar-refractivity contribution in [1.82, 2.24) is 14.3 Å². The Balaban J connectivity index is 1.83. The monoisotopic (exact) mass is 324 g/mol. The smallest absolute Gasteiger partial charge is 0.335 e. The normalized spacial score (nSPS) is 11.3. The maximum absolute atomic E-state index is 11.9. The number of carboxylic acid groups (broad SMARTS) is 1. The number of aromatic carboxylic acids is 1. The Morgan fingerprint density at radius 1 is 1.27 bits per heavy atom. The lowest BCUT2D eigenvalue weighted by Crippen LogP contribution is -2.29. The van der Waals surface area contributed by atoms with Gasteiger partial charge in [0.15, 0.2) is 5.03 Å². The minimum atomic E-state index is -3.61. The number of nitrogens with one attached hydrogen (secondary N) is 2. The maximum atomic E-state index is 11.9. The zero-order chi connectivity index (χ0) is 16.2. The molecule has 1 aromatic carbocycles. The van der Waals surface area contributed by atoms with Gasteiger partial charge in [0, 0.05) is 32.0 Å². The van der Waals surface area contributed by atoms with Crippen molar-refractivity contribution in [3.05, 3.63) is 42.4 Å². The minimum absolute atomic E-state index is 0.0270. The number of anilines is 1. The van der Waals surface area contributed by atoms with E-state index in [9.17, 15) is 13.2 Å². The van der Waals surface area contributed by atoms with Crippen molar-refractivity contribution in [3.63, 3.8) is 0 Å². The van der Waals surface area contributed by atoms with Gasteiger partial charge in [0.1, 0.15) is 0 Å². The summed E-state index contributed by atoms with van der Waals surface area (Å²) in [4.78, 5) is 14.5. The van der Waals surface area contributed by atoms with Crippen LogP contribution in [-0.4, -0.2) is 42.1 Å². The van der Waals surface area contributed by atoms with Crippen molar-refractivity contribution in [2.75, 3.05) is 18.4 Å². The number of aromatic nitrogens is 2. The fourth-order valence-electron chi connectivity index (χ4n) is 1.72. The number of sulfonamides is 1. The van der Waals surface area contributed by atoms with Crippen LogP contribution >= 0.6 is 0 Å². The number of aryl methyl sites for hydroxylation is 1. The number of carbonyl (C=O) groups is 1. The molecule has 0 fully saturated rings. The van der Waals surface area contributed by atoms with Crippen molar-refractivity contribution in [3.8, 4) is 0 Å². The molecule has 0 radical (unpaired) electrons. The van der Waals surface area contributed by atoms with E-state index in [0.717, 1.165) is 0 Å². The van der Waals surface area contributed by atoms with Gasteiger partial charge < -0.3 is 15.0 Å². The van der Waals surface area contributed by atoms with Crippen LogP contribution in [0.1, 0.15) is 10.4 Å². The Morgan fingerprint density at radius 3 is 2.50 bits per heavy atom. The molecule has 1 heterocycles. The van der Waals surface area contributed by atoms with Crippen molar-refractivity contribution in [2.45, 2.75) is 5.03 Å².